The maximum absolute atomic E-state index is 14.1. The second kappa shape index (κ2) is 9.25. The van der Waals surface area contributed by atoms with E-state index in [1.165, 1.54) is 14.7 Å². The van der Waals surface area contributed by atoms with Crippen LogP contribution in [0.15, 0.2) is 24.3 Å². The van der Waals surface area contributed by atoms with Crippen LogP contribution >= 0.6 is 0 Å². The van der Waals surface area contributed by atoms with Gasteiger partial charge in [0.15, 0.2) is 0 Å². The number of morpholine rings is 1. The van der Waals surface area contributed by atoms with Crippen LogP contribution in [0.5, 0.6) is 0 Å². The smallest absolute Gasteiger partial charge is 0.321 e. The monoisotopic (exact) mass is 472 g/mol. The standard InChI is InChI=1S/C24H32N4O6/c1-5-34-21(30)17-14-28(23(32)26-10-12-33-13-11-26)24(2)20(17)16-8-6-7-9-18(16)27(22(24)31)15-19(29)25(3)4/h6-9,17,20H,5,10-15H2,1-4H3/t17-,20+,24-/m0/s1. The highest BCUT2D eigenvalue weighted by Gasteiger charge is 2.64. The second-order valence-electron chi connectivity index (χ2n) is 9.21. The minimum atomic E-state index is -1.35. The summed E-state index contributed by atoms with van der Waals surface area (Å²) in [6.07, 6.45) is 0. The molecule has 10 nitrogen and oxygen atoms in total. The lowest BCUT2D eigenvalue weighted by Gasteiger charge is -2.47. The summed E-state index contributed by atoms with van der Waals surface area (Å²) >= 11 is 0. The molecular formula is C24H32N4O6. The summed E-state index contributed by atoms with van der Waals surface area (Å²) in [5.74, 6) is -2.34. The number of carbonyl (C=O) groups excluding carboxylic acids is 4. The van der Waals surface area contributed by atoms with Crippen molar-refractivity contribution in [1.29, 1.82) is 0 Å². The van der Waals surface area contributed by atoms with Crippen LogP contribution in [0.25, 0.3) is 0 Å². The van der Waals surface area contributed by atoms with Gasteiger partial charge in [0.1, 0.15) is 12.1 Å². The molecule has 2 fully saturated rings. The number of carbonyl (C=O) groups is 4. The van der Waals surface area contributed by atoms with Gasteiger partial charge in [0.05, 0.1) is 25.7 Å². The fraction of sp³-hybridized carbons (Fsp3) is 0.583. The molecule has 184 valence electrons. The largest absolute Gasteiger partial charge is 0.466 e. The number of rotatable bonds is 4. The van der Waals surface area contributed by atoms with Gasteiger partial charge in [-0.1, -0.05) is 18.2 Å². The SMILES string of the molecule is CCOC(=O)[C@H]1CN(C(=O)N2CCOCC2)[C@]2(C)C(=O)N(CC(=O)N(C)C)c3ccccc3[C@H]12. The van der Waals surface area contributed by atoms with Crippen LogP contribution in [0.3, 0.4) is 0 Å². The number of amides is 4. The molecule has 4 amide bonds. The Hall–Kier alpha value is -3.14. The first-order valence-electron chi connectivity index (χ1n) is 11.6. The summed E-state index contributed by atoms with van der Waals surface area (Å²) in [7, 11) is 3.27. The second-order valence-corrected chi connectivity index (χ2v) is 9.21. The number of fused-ring (bicyclic) bond motifs is 3. The van der Waals surface area contributed by atoms with Crippen LogP contribution in [-0.4, -0.2) is 104 Å². The predicted octanol–water partition coefficient (Wildman–Crippen LogP) is 0.911. The molecule has 3 aliphatic heterocycles. The average molecular weight is 473 g/mol. The van der Waals surface area contributed by atoms with Crippen molar-refractivity contribution in [2.24, 2.45) is 5.92 Å². The molecule has 1 aromatic rings. The number of urea groups is 1. The van der Waals surface area contributed by atoms with Gasteiger partial charge in [-0.15, -0.1) is 0 Å². The van der Waals surface area contributed by atoms with E-state index in [0.29, 0.717) is 32.0 Å². The van der Waals surface area contributed by atoms with Gasteiger partial charge in [-0.05, 0) is 25.5 Å². The number of anilines is 1. The third-order valence-electron chi connectivity index (χ3n) is 7.08. The number of nitrogens with zero attached hydrogens (tertiary/aromatic N) is 4. The number of benzene rings is 1. The molecule has 10 heteroatoms. The molecule has 0 unspecified atom stereocenters. The Balaban J connectivity index is 1.83. The fourth-order valence-electron chi connectivity index (χ4n) is 5.29. The lowest BCUT2D eigenvalue weighted by Crippen LogP contribution is -2.64. The van der Waals surface area contributed by atoms with E-state index in [1.807, 2.05) is 12.1 Å². The Labute approximate surface area is 199 Å². The van der Waals surface area contributed by atoms with E-state index in [4.69, 9.17) is 9.47 Å². The van der Waals surface area contributed by atoms with Gasteiger partial charge in [-0.3, -0.25) is 14.4 Å². The Morgan fingerprint density at radius 2 is 1.85 bits per heavy atom. The van der Waals surface area contributed by atoms with Crippen LogP contribution in [0.4, 0.5) is 10.5 Å². The first kappa shape index (κ1) is 24.0. The van der Waals surface area contributed by atoms with Crippen molar-refractivity contribution in [3.8, 4) is 0 Å². The van der Waals surface area contributed by atoms with E-state index in [1.54, 1.807) is 45.0 Å². The quantitative estimate of drug-likeness (QED) is 0.604. The van der Waals surface area contributed by atoms with E-state index in [9.17, 15) is 19.2 Å². The zero-order valence-corrected chi connectivity index (χ0v) is 20.2. The molecular weight excluding hydrogens is 440 g/mol. The van der Waals surface area contributed by atoms with Gasteiger partial charge in [0, 0.05) is 45.3 Å². The first-order chi connectivity index (χ1) is 16.2. The Morgan fingerprint density at radius 1 is 1.18 bits per heavy atom. The molecule has 0 bridgehead atoms. The van der Waals surface area contributed by atoms with E-state index < -0.39 is 23.3 Å². The van der Waals surface area contributed by atoms with Crippen LogP contribution < -0.4 is 4.90 Å². The number of hydrogen-bond acceptors (Lipinski definition) is 6. The zero-order valence-electron chi connectivity index (χ0n) is 20.2. The number of hydrogen-bond donors (Lipinski definition) is 0. The zero-order chi connectivity index (χ0) is 24.6. The van der Waals surface area contributed by atoms with Gasteiger partial charge < -0.3 is 29.1 Å². The maximum atomic E-state index is 14.1. The summed E-state index contributed by atoms with van der Waals surface area (Å²) < 4.78 is 10.8. The number of para-hydroxylation sites is 1. The molecule has 1 aromatic carbocycles. The number of ether oxygens (including phenoxy) is 2. The van der Waals surface area contributed by atoms with Crippen LogP contribution in [0, 0.1) is 5.92 Å². The molecule has 0 aromatic heterocycles. The van der Waals surface area contributed by atoms with Gasteiger partial charge in [0.2, 0.25) is 5.91 Å². The number of likely N-dealkylation sites (N-methyl/N-ethyl adjacent to an activating group) is 1. The van der Waals surface area contributed by atoms with Gasteiger partial charge in [-0.25, -0.2) is 4.79 Å². The third kappa shape index (κ3) is 3.79. The van der Waals surface area contributed by atoms with E-state index in [2.05, 4.69) is 0 Å². The Kier molecular flexibility index (Phi) is 6.53. The van der Waals surface area contributed by atoms with Crippen molar-refractivity contribution in [1.82, 2.24) is 14.7 Å². The van der Waals surface area contributed by atoms with E-state index >= 15 is 0 Å². The number of esters is 1. The first-order valence-corrected chi connectivity index (χ1v) is 11.6. The fourth-order valence-corrected chi connectivity index (χ4v) is 5.29. The molecule has 0 aliphatic carbocycles. The van der Waals surface area contributed by atoms with Crippen molar-refractivity contribution >= 4 is 29.5 Å². The summed E-state index contributed by atoms with van der Waals surface area (Å²) in [4.78, 5) is 59.6. The maximum Gasteiger partial charge on any atom is 0.321 e. The van der Waals surface area contributed by atoms with E-state index in [-0.39, 0.29) is 37.5 Å². The predicted molar refractivity (Wildman–Crippen MR) is 123 cm³/mol. The molecule has 34 heavy (non-hydrogen) atoms. The summed E-state index contributed by atoms with van der Waals surface area (Å²) in [5, 5.41) is 0. The third-order valence-corrected chi connectivity index (χ3v) is 7.08. The highest BCUT2D eigenvalue weighted by atomic mass is 16.5. The molecule has 3 aliphatic rings. The lowest BCUT2D eigenvalue weighted by atomic mass is 9.72. The van der Waals surface area contributed by atoms with Crippen molar-refractivity contribution in [3.63, 3.8) is 0 Å². The molecule has 0 spiro atoms. The van der Waals surface area contributed by atoms with Gasteiger partial charge >= 0.3 is 12.0 Å². The number of likely N-dealkylation sites (tertiary alicyclic amines) is 1. The van der Waals surface area contributed by atoms with Crippen molar-refractivity contribution < 1.29 is 28.7 Å². The van der Waals surface area contributed by atoms with Crippen molar-refractivity contribution in [3.05, 3.63) is 29.8 Å². The molecule has 3 atom stereocenters. The molecule has 0 saturated carbocycles. The normalized spacial score (nSPS) is 26.1. The van der Waals surface area contributed by atoms with E-state index in [0.717, 1.165) is 5.56 Å². The summed E-state index contributed by atoms with van der Waals surface area (Å²) in [6.45, 7) is 5.21. The Bertz CT molecular complexity index is 991. The topological polar surface area (TPSA) is 99.7 Å². The lowest BCUT2D eigenvalue weighted by molar-refractivity contribution is -0.148. The van der Waals surface area contributed by atoms with Gasteiger partial charge in [-0.2, -0.15) is 0 Å². The van der Waals surface area contributed by atoms with Gasteiger partial charge in [0.25, 0.3) is 5.91 Å². The Morgan fingerprint density at radius 3 is 2.50 bits per heavy atom. The average Bonchev–Trinajstić information content (AvgIpc) is 3.16. The highest BCUT2D eigenvalue weighted by molar-refractivity contribution is 6.09. The molecule has 0 N–H and O–H groups in total. The highest BCUT2D eigenvalue weighted by Crippen LogP contribution is 2.53. The van der Waals surface area contributed by atoms with Crippen LogP contribution in [-0.2, 0) is 23.9 Å². The molecule has 3 heterocycles. The minimum absolute atomic E-state index is 0.0612. The van der Waals surface area contributed by atoms with Crippen LogP contribution in [0.2, 0.25) is 0 Å². The summed E-state index contributed by atoms with van der Waals surface area (Å²) in [6, 6.07) is 6.98. The molecule has 2 saturated heterocycles. The molecule has 4 rings (SSSR count). The van der Waals surface area contributed by atoms with Crippen LogP contribution in [0.1, 0.15) is 25.3 Å². The van der Waals surface area contributed by atoms with Crippen molar-refractivity contribution in [2.75, 3.05) is 65.0 Å². The minimum Gasteiger partial charge on any atom is -0.466 e. The molecule has 0 radical (unpaired) electrons. The summed E-state index contributed by atoms with van der Waals surface area (Å²) in [5.41, 5.74) is -0.0139. The van der Waals surface area contributed by atoms with Crippen molar-refractivity contribution in [2.45, 2.75) is 25.3 Å².